The van der Waals surface area contributed by atoms with Crippen LogP contribution < -0.4 is 5.73 Å². The first-order chi connectivity index (χ1) is 5.79. The van der Waals surface area contributed by atoms with Crippen molar-refractivity contribution in [1.29, 1.82) is 0 Å². The molecule has 0 radical (unpaired) electrons. The zero-order valence-corrected chi connectivity index (χ0v) is 7.75. The van der Waals surface area contributed by atoms with Crippen molar-refractivity contribution in [2.45, 2.75) is 26.2 Å². The summed E-state index contributed by atoms with van der Waals surface area (Å²) in [5.41, 5.74) is 5.41. The molecule has 0 aromatic carbocycles. The highest BCUT2D eigenvalue weighted by atomic mass is 16.2. The zero-order valence-electron chi connectivity index (χ0n) is 7.75. The van der Waals surface area contributed by atoms with Crippen LogP contribution in [0.5, 0.6) is 0 Å². The molecule has 12 heavy (non-hydrogen) atoms. The lowest BCUT2D eigenvalue weighted by molar-refractivity contribution is -0.137. The minimum absolute atomic E-state index is 0.314. The average Bonchev–Trinajstić information content (AvgIpc) is 1.96. The fraction of sp³-hybridized carbons (Fsp3) is 0.889. The van der Waals surface area contributed by atoms with Crippen molar-refractivity contribution in [2.24, 2.45) is 11.7 Å². The molecule has 70 valence electrons. The third-order valence-corrected chi connectivity index (χ3v) is 2.55. The van der Waals surface area contributed by atoms with E-state index >= 15 is 0 Å². The van der Waals surface area contributed by atoms with Gasteiger partial charge in [-0.1, -0.05) is 6.42 Å². The maximum absolute atomic E-state index is 11.6. The Hall–Kier alpha value is -0.570. The summed E-state index contributed by atoms with van der Waals surface area (Å²) >= 11 is 0. The summed E-state index contributed by atoms with van der Waals surface area (Å²) in [4.78, 5) is 13.5. The number of hydrogen-bond acceptors (Lipinski definition) is 2. The molecule has 1 aliphatic carbocycles. The second-order valence-corrected chi connectivity index (χ2v) is 3.33. The molecule has 0 spiro atoms. The van der Waals surface area contributed by atoms with E-state index in [1.165, 1.54) is 6.42 Å². The van der Waals surface area contributed by atoms with Gasteiger partial charge in [-0.25, -0.2) is 0 Å². The summed E-state index contributed by atoms with van der Waals surface area (Å²) in [7, 11) is 0. The summed E-state index contributed by atoms with van der Waals surface area (Å²) in [5, 5.41) is 0. The van der Waals surface area contributed by atoms with E-state index in [4.69, 9.17) is 5.73 Å². The van der Waals surface area contributed by atoms with E-state index < -0.39 is 0 Å². The van der Waals surface area contributed by atoms with Crippen molar-refractivity contribution in [2.75, 3.05) is 19.6 Å². The second-order valence-electron chi connectivity index (χ2n) is 3.33. The number of nitrogens with zero attached hydrogens (tertiary/aromatic N) is 1. The highest BCUT2D eigenvalue weighted by Gasteiger charge is 2.28. The quantitative estimate of drug-likeness (QED) is 0.671. The largest absolute Gasteiger partial charge is 0.341 e. The van der Waals surface area contributed by atoms with Gasteiger partial charge in [0.25, 0.3) is 0 Å². The van der Waals surface area contributed by atoms with E-state index in [0.29, 0.717) is 24.9 Å². The van der Waals surface area contributed by atoms with E-state index in [1.54, 1.807) is 0 Å². The first kappa shape index (κ1) is 9.52. The number of hydrogen-bond donors (Lipinski definition) is 1. The smallest absolute Gasteiger partial charge is 0.225 e. The predicted octanol–water partition coefficient (Wildman–Crippen LogP) is 0.594. The van der Waals surface area contributed by atoms with Crippen LogP contribution in [0.15, 0.2) is 0 Å². The molecule has 0 saturated heterocycles. The Balaban J connectivity index is 2.35. The molecule has 3 heteroatoms. The number of likely N-dealkylation sites (N-methyl/N-ethyl adjacent to an activating group) is 1. The number of carbonyl (C=O) groups excluding carboxylic acids is 1. The van der Waals surface area contributed by atoms with Gasteiger partial charge < -0.3 is 10.6 Å². The van der Waals surface area contributed by atoms with E-state index in [2.05, 4.69) is 0 Å². The molecule has 0 aromatic heterocycles. The summed E-state index contributed by atoms with van der Waals surface area (Å²) in [6.45, 7) is 4.09. The van der Waals surface area contributed by atoms with Crippen LogP contribution in [0.1, 0.15) is 26.2 Å². The molecule has 1 aliphatic rings. The molecule has 1 amide bonds. The molecule has 3 nitrogen and oxygen atoms in total. The number of rotatable bonds is 4. The highest BCUT2D eigenvalue weighted by Crippen LogP contribution is 2.27. The SMILES string of the molecule is CCN(CCN)C(=O)C1CCC1. The van der Waals surface area contributed by atoms with Crippen molar-refractivity contribution in [3.05, 3.63) is 0 Å². The number of carbonyl (C=O) groups is 1. The lowest BCUT2D eigenvalue weighted by Gasteiger charge is -2.30. The molecule has 0 bridgehead atoms. The van der Waals surface area contributed by atoms with Crippen molar-refractivity contribution < 1.29 is 4.79 Å². The molecular weight excluding hydrogens is 152 g/mol. The maximum Gasteiger partial charge on any atom is 0.225 e. The molecule has 0 aliphatic heterocycles. The Morgan fingerprint density at radius 3 is 2.58 bits per heavy atom. The van der Waals surface area contributed by atoms with Crippen LogP contribution in [0.4, 0.5) is 0 Å². The van der Waals surface area contributed by atoms with Crippen molar-refractivity contribution >= 4 is 5.91 Å². The Morgan fingerprint density at radius 1 is 1.58 bits per heavy atom. The highest BCUT2D eigenvalue weighted by molar-refractivity contribution is 5.79. The van der Waals surface area contributed by atoms with Crippen LogP contribution in [0.3, 0.4) is 0 Å². The van der Waals surface area contributed by atoms with Crippen LogP contribution in [-0.4, -0.2) is 30.4 Å². The summed E-state index contributed by atoms with van der Waals surface area (Å²) < 4.78 is 0. The first-order valence-electron chi connectivity index (χ1n) is 4.78. The molecule has 0 heterocycles. The Morgan fingerprint density at radius 2 is 2.25 bits per heavy atom. The molecule has 1 saturated carbocycles. The van der Waals surface area contributed by atoms with Crippen LogP contribution >= 0.6 is 0 Å². The third kappa shape index (κ3) is 1.97. The Kier molecular flexibility index (Phi) is 3.53. The van der Waals surface area contributed by atoms with Gasteiger partial charge in [-0.05, 0) is 19.8 Å². The molecule has 1 fully saturated rings. The monoisotopic (exact) mass is 170 g/mol. The van der Waals surface area contributed by atoms with Gasteiger partial charge in [0.1, 0.15) is 0 Å². The van der Waals surface area contributed by atoms with Crippen molar-refractivity contribution in [1.82, 2.24) is 4.90 Å². The zero-order chi connectivity index (χ0) is 8.97. The average molecular weight is 170 g/mol. The molecular formula is C9H18N2O. The van der Waals surface area contributed by atoms with Gasteiger partial charge in [0.2, 0.25) is 5.91 Å². The summed E-state index contributed by atoms with van der Waals surface area (Å²) in [6, 6.07) is 0. The first-order valence-corrected chi connectivity index (χ1v) is 4.78. The maximum atomic E-state index is 11.6. The standard InChI is InChI=1S/C9H18N2O/c1-2-11(7-6-10)9(12)8-4-3-5-8/h8H,2-7,10H2,1H3. The molecule has 0 atom stereocenters. The molecule has 2 N–H and O–H groups in total. The van der Waals surface area contributed by atoms with E-state index in [0.717, 1.165) is 19.4 Å². The van der Waals surface area contributed by atoms with E-state index in [9.17, 15) is 4.79 Å². The van der Waals surface area contributed by atoms with Crippen LogP contribution in [0.2, 0.25) is 0 Å². The summed E-state index contributed by atoms with van der Waals surface area (Å²) in [5.74, 6) is 0.630. The summed E-state index contributed by atoms with van der Waals surface area (Å²) in [6.07, 6.45) is 3.39. The van der Waals surface area contributed by atoms with Crippen LogP contribution in [-0.2, 0) is 4.79 Å². The normalized spacial score (nSPS) is 17.2. The van der Waals surface area contributed by atoms with Gasteiger partial charge in [0, 0.05) is 25.6 Å². The van der Waals surface area contributed by atoms with E-state index in [-0.39, 0.29) is 0 Å². The molecule has 0 unspecified atom stereocenters. The van der Waals surface area contributed by atoms with Crippen LogP contribution in [0, 0.1) is 5.92 Å². The number of amides is 1. The van der Waals surface area contributed by atoms with Gasteiger partial charge in [-0.2, -0.15) is 0 Å². The number of nitrogens with two attached hydrogens (primary N) is 1. The lowest BCUT2D eigenvalue weighted by atomic mass is 9.84. The van der Waals surface area contributed by atoms with Crippen molar-refractivity contribution in [3.63, 3.8) is 0 Å². The van der Waals surface area contributed by atoms with Crippen LogP contribution in [0.25, 0.3) is 0 Å². The van der Waals surface area contributed by atoms with E-state index in [1.807, 2.05) is 11.8 Å². The Bertz CT molecular complexity index is 155. The van der Waals surface area contributed by atoms with Crippen molar-refractivity contribution in [3.8, 4) is 0 Å². The lowest BCUT2D eigenvalue weighted by Crippen LogP contribution is -2.41. The fourth-order valence-electron chi connectivity index (χ4n) is 1.49. The Labute approximate surface area is 73.9 Å². The third-order valence-electron chi connectivity index (χ3n) is 2.55. The van der Waals surface area contributed by atoms with Gasteiger partial charge in [-0.15, -0.1) is 0 Å². The van der Waals surface area contributed by atoms with Gasteiger partial charge in [0.05, 0.1) is 0 Å². The van der Waals surface area contributed by atoms with Gasteiger partial charge in [0.15, 0.2) is 0 Å². The second kappa shape index (κ2) is 4.45. The van der Waals surface area contributed by atoms with Gasteiger partial charge in [-0.3, -0.25) is 4.79 Å². The predicted molar refractivity (Wildman–Crippen MR) is 48.6 cm³/mol. The fourth-order valence-corrected chi connectivity index (χ4v) is 1.49. The minimum Gasteiger partial charge on any atom is -0.341 e. The molecule has 1 rings (SSSR count). The minimum atomic E-state index is 0.314. The molecule has 0 aromatic rings. The topological polar surface area (TPSA) is 46.3 Å². The van der Waals surface area contributed by atoms with Gasteiger partial charge >= 0.3 is 0 Å².